The number of allylic oxidation sites excluding steroid dienone is 4. The molecule has 39 heavy (non-hydrogen) atoms. The number of para-hydroxylation sites is 4. The Balaban J connectivity index is 1.52. The lowest BCUT2D eigenvalue weighted by Crippen LogP contribution is -2.30. The van der Waals surface area contributed by atoms with Crippen molar-refractivity contribution in [1.82, 2.24) is 13.7 Å². The van der Waals surface area contributed by atoms with Crippen LogP contribution < -0.4 is 4.58 Å². The zero-order chi connectivity index (χ0) is 25.5. The highest BCUT2D eigenvalue weighted by Gasteiger charge is 2.38. The van der Waals surface area contributed by atoms with Crippen LogP contribution in [0.5, 0.6) is 0 Å². The second kappa shape index (κ2) is 7.68. The van der Waals surface area contributed by atoms with Crippen LogP contribution in [0, 0.1) is 0 Å². The minimum Gasteiger partial charge on any atom is -0.316 e. The second-order valence-electron chi connectivity index (χ2n) is 10.4. The van der Waals surface area contributed by atoms with Gasteiger partial charge in [-0.3, -0.25) is 0 Å². The van der Waals surface area contributed by atoms with E-state index in [4.69, 9.17) is 0 Å². The summed E-state index contributed by atoms with van der Waals surface area (Å²) < 4.78 is 7.49. The first kappa shape index (κ1) is 20.9. The van der Waals surface area contributed by atoms with Crippen LogP contribution in [0.15, 0.2) is 140 Å². The van der Waals surface area contributed by atoms with Crippen molar-refractivity contribution in [3.05, 3.63) is 140 Å². The zero-order valence-electron chi connectivity index (χ0n) is 21.2. The van der Waals surface area contributed by atoms with Gasteiger partial charge in [-0.25, -0.2) is 0 Å². The lowest BCUT2D eigenvalue weighted by atomic mass is 10.0. The average molecular weight is 499 g/mol. The first-order valence-electron chi connectivity index (χ1n) is 13.5. The van der Waals surface area contributed by atoms with Gasteiger partial charge in [0.25, 0.3) is 0 Å². The molecule has 0 saturated carbocycles. The van der Waals surface area contributed by atoms with Crippen molar-refractivity contribution in [2.24, 2.45) is 0 Å². The fraction of sp³-hybridized carbons (Fsp3) is 0.0278. The predicted octanol–water partition coefficient (Wildman–Crippen LogP) is 8.85. The van der Waals surface area contributed by atoms with Crippen LogP contribution in [0.1, 0.15) is 6.04 Å². The van der Waals surface area contributed by atoms with Crippen LogP contribution in [-0.4, -0.2) is 14.8 Å². The maximum Gasteiger partial charge on any atom is 0.235 e. The van der Waals surface area contributed by atoms with E-state index >= 15 is 0 Å². The van der Waals surface area contributed by atoms with Gasteiger partial charge in [-0.05, 0) is 18.2 Å². The van der Waals surface area contributed by atoms with Crippen LogP contribution in [0.25, 0.3) is 49.3 Å². The highest BCUT2D eigenvalue weighted by Crippen LogP contribution is 2.46. The lowest BCUT2D eigenvalue weighted by molar-refractivity contribution is 0.782. The first-order chi connectivity index (χ1) is 19.4. The molecule has 9 rings (SSSR count). The molecule has 2 aliphatic rings. The largest absolute Gasteiger partial charge is 0.316 e. The summed E-state index contributed by atoms with van der Waals surface area (Å²) in [6.45, 7) is 0. The van der Waals surface area contributed by atoms with Crippen LogP contribution >= 0.6 is 0 Å². The molecule has 3 heterocycles. The summed E-state index contributed by atoms with van der Waals surface area (Å²) in [4.78, 5) is 0. The molecular formula is C36H24N3+. The third-order valence-corrected chi connectivity index (χ3v) is 8.38. The summed E-state index contributed by atoms with van der Waals surface area (Å²) in [6.07, 6.45) is 8.97. The first-order valence-corrected chi connectivity index (χ1v) is 13.5. The standard InChI is InChI=1S/C36H24N3/c1-3-12-24(13-4-1)37-31-19-9-10-20-32(31)39-34-27(17-11-21-33(34)37)29-23-22-28-26-16-7-8-18-30(26)38(35(28)36(29)39)25-14-5-2-6-15-25/h1-23,32H/q+1. The molecule has 0 saturated heterocycles. The van der Waals surface area contributed by atoms with Crippen LogP contribution in [-0.2, 0) is 0 Å². The van der Waals surface area contributed by atoms with Gasteiger partial charge in [0.05, 0.1) is 16.6 Å². The zero-order valence-corrected chi connectivity index (χ0v) is 21.2. The van der Waals surface area contributed by atoms with Crippen molar-refractivity contribution in [3.8, 4) is 5.69 Å². The van der Waals surface area contributed by atoms with Gasteiger partial charge in [0.2, 0.25) is 17.1 Å². The number of aromatic nitrogens is 2. The van der Waals surface area contributed by atoms with E-state index in [1.807, 2.05) is 0 Å². The minimum atomic E-state index is 0.0814. The summed E-state index contributed by atoms with van der Waals surface area (Å²) in [5.74, 6) is 0. The van der Waals surface area contributed by atoms with E-state index in [0.29, 0.717) is 0 Å². The topological polar surface area (TPSA) is 12.9 Å². The van der Waals surface area contributed by atoms with Gasteiger partial charge in [-0.1, -0.05) is 97.1 Å². The summed E-state index contributed by atoms with van der Waals surface area (Å²) in [5, 5.41) is 5.14. The molecule has 0 fully saturated rings. The molecule has 7 aromatic rings. The summed E-state index contributed by atoms with van der Waals surface area (Å²) in [7, 11) is 0. The quantitative estimate of drug-likeness (QED) is 0.211. The van der Waals surface area contributed by atoms with E-state index in [2.05, 4.69) is 153 Å². The Morgan fingerprint density at radius 2 is 1.23 bits per heavy atom. The molecule has 0 bridgehead atoms. The molecule has 1 aliphatic carbocycles. The van der Waals surface area contributed by atoms with Crippen molar-refractivity contribution in [2.75, 3.05) is 0 Å². The van der Waals surface area contributed by atoms with Gasteiger partial charge in [0.15, 0.2) is 0 Å². The summed E-state index contributed by atoms with van der Waals surface area (Å²) in [6, 6.07) is 41.8. The third-order valence-electron chi connectivity index (χ3n) is 8.38. The Labute approximate surface area is 225 Å². The summed E-state index contributed by atoms with van der Waals surface area (Å²) >= 11 is 0. The monoisotopic (exact) mass is 498 g/mol. The molecule has 0 radical (unpaired) electrons. The van der Waals surface area contributed by atoms with Crippen LogP contribution in [0.3, 0.4) is 0 Å². The van der Waals surface area contributed by atoms with E-state index in [1.54, 1.807) is 0 Å². The molecule has 1 aliphatic heterocycles. The molecule has 0 amide bonds. The van der Waals surface area contributed by atoms with Crippen molar-refractivity contribution >= 4 is 60.7 Å². The molecule has 1 unspecified atom stereocenters. The Bertz CT molecular complexity index is 2210. The normalized spacial score (nSPS) is 16.2. The van der Waals surface area contributed by atoms with E-state index in [0.717, 1.165) is 0 Å². The molecule has 5 aromatic carbocycles. The SMILES string of the molecule is C1=CC2=[N+](c3ccccc3)c3cccc4c5ccc6c7ccccc7n(-c7ccccc7)c6c5n(c34)C2C=C1. The Hall–Kier alpha value is -5.15. The fourth-order valence-electron chi connectivity index (χ4n) is 6.87. The molecule has 0 spiro atoms. The smallest absolute Gasteiger partial charge is 0.235 e. The Morgan fingerprint density at radius 1 is 0.538 bits per heavy atom. The minimum absolute atomic E-state index is 0.0814. The molecular weight excluding hydrogens is 474 g/mol. The third kappa shape index (κ3) is 2.69. The Morgan fingerprint density at radius 3 is 2.08 bits per heavy atom. The van der Waals surface area contributed by atoms with Crippen molar-refractivity contribution in [3.63, 3.8) is 0 Å². The average Bonchev–Trinajstić information content (AvgIpc) is 3.53. The highest BCUT2D eigenvalue weighted by atomic mass is 15.2. The number of nitrogens with zero attached hydrogens (tertiary/aromatic N) is 3. The van der Waals surface area contributed by atoms with Crippen molar-refractivity contribution in [2.45, 2.75) is 6.04 Å². The van der Waals surface area contributed by atoms with Gasteiger partial charge in [0.1, 0.15) is 11.6 Å². The molecule has 1 atom stereocenters. The highest BCUT2D eigenvalue weighted by molar-refractivity contribution is 6.26. The molecule has 3 heteroatoms. The maximum atomic E-state index is 2.59. The van der Waals surface area contributed by atoms with Gasteiger partial charge in [-0.15, -0.1) is 0 Å². The Kier molecular flexibility index (Phi) is 4.11. The fourth-order valence-corrected chi connectivity index (χ4v) is 6.87. The van der Waals surface area contributed by atoms with Gasteiger partial charge in [-0.2, -0.15) is 4.58 Å². The molecule has 0 N–H and O–H groups in total. The van der Waals surface area contributed by atoms with Crippen LogP contribution in [0.4, 0.5) is 11.4 Å². The molecule has 3 nitrogen and oxygen atoms in total. The molecule has 182 valence electrons. The maximum absolute atomic E-state index is 2.59. The van der Waals surface area contributed by atoms with Crippen molar-refractivity contribution < 1.29 is 0 Å². The lowest BCUT2D eigenvalue weighted by Gasteiger charge is -2.25. The second-order valence-corrected chi connectivity index (χ2v) is 10.4. The van der Waals surface area contributed by atoms with E-state index < -0.39 is 0 Å². The number of fused-ring (bicyclic) bond motifs is 9. The molecule has 2 aromatic heterocycles. The van der Waals surface area contributed by atoms with E-state index in [-0.39, 0.29) is 6.04 Å². The predicted molar refractivity (Wildman–Crippen MR) is 164 cm³/mol. The van der Waals surface area contributed by atoms with Gasteiger partial charge < -0.3 is 9.13 Å². The summed E-state index contributed by atoms with van der Waals surface area (Å²) in [5.41, 5.74) is 9.90. The van der Waals surface area contributed by atoms with Crippen molar-refractivity contribution in [1.29, 1.82) is 0 Å². The number of rotatable bonds is 2. The van der Waals surface area contributed by atoms with E-state index in [1.165, 1.54) is 66.4 Å². The number of benzene rings is 5. The van der Waals surface area contributed by atoms with Crippen LogP contribution in [0.2, 0.25) is 0 Å². The number of hydrogen-bond acceptors (Lipinski definition) is 0. The number of hydrogen-bond donors (Lipinski definition) is 0. The van der Waals surface area contributed by atoms with E-state index in [9.17, 15) is 0 Å². The van der Waals surface area contributed by atoms with Gasteiger partial charge >= 0.3 is 0 Å². The van der Waals surface area contributed by atoms with Gasteiger partial charge in [0, 0.05) is 51.5 Å².